The molecule has 3 rings (SSSR count). The summed E-state index contributed by atoms with van der Waals surface area (Å²) in [7, 11) is 1.60. The molecule has 0 radical (unpaired) electrons. The minimum atomic E-state index is 0.117. The third-order valence-electron chi connectivity index (χ3n) is 4.45. The lowest BCUT2D eigenvalue weighted by Crippen LogP contribution is -2.36. The average molecular weight is 345 g/mol. The first-order valence-corrected chi connectivity index (χ1v) is 8.52. The van der Waals surface area contributed by atoms with Gasteiger partial charge < -0.3 is 18.9 Å². The number of nitrogens with zero attached hydrogens (tertiary/aromatic N) is 3. The third-order valence-corrected chi connectivity index (χ3v) is 4.45. The molecule has 134 valence electrons. The predicted octanol–water partition coefficient (Wildman–Crippen LogP) is 2.87. The van der Waals surface area contributed by atoms with E-state index in [4.69, 9.17) is 14.0 Å². The number of aromatic nitrogens is 2. The molecule has 0 bridgehead atoms. The molecule has 1 aromatic carbocycles. The van der Waals surface area contributed by atoms with Crippen LogP contribution in [0.3, 0.4) is 0 Å². The number of piperidine rings is 1. The maximum atomic E-state index is 11.4. The molecule has 0 aliphatic carbocycles. The Labute approximate surface area is 146 Å². The summed E-state index contributed by atoms with van der Waals surface area (Å²) in [5.74, 6) is 2.80. The van der Waals surface area contributed by atoms with Crippen molar-refractivity contribution in [3.8, 4) is 22.9 Å². The molecule has 2 heterocycles. The van der Waals surface area contributed by atoms with E-state index in [1.807, 2.05) is 30.0 Å². The van der Waals surface area contributed by atoms with E-state index in [1.165, 1.54) is 0 Å². The summed E-state index contributed by atoms with van der Waals surface area (Å²) in [6.45, 7) is 5.56. The first-order chi connectivity index (χ1) is 12.1. The first-order valence-electron chi connectivity index (χ1n) is 8.52. The molecular weight excluding hydrogens is 322 g/mol. The Kier molecular flexibility index (Phi) is 5.21. The zero-order valence-corrected chi connectivity index (χ0v) is 14.8. The normalized spacial score (nSPS) is 15.2. The highest BCUT2D eigenvalue weighted by Crippen LogP contribution is 2.33. The van der Waals surface area contributed by atoms with E-state index in [1.54, 1.807) is 14.0 Å². The van der Waals surface area contributed by atoms with Crippen LogP contribution in [0.1, 0.15) is 38.5 Å². The minimum Gasteiger partial charge on any atom is -0.493 e. The Morgan fingerprint density at radius 1 is 1.32 bits per heavy atom. The van der Waals surface area contributed by atoms with Gasteiger partial charge in [-0.2, -0.15) is 4.98 Å². The van der Waals surface area contributed by atoms with E-state index in [0.29, 0.717) is 29.8 Å². The molecule has 1 aliphatic heterocycles. The van der Waals surface area contributed by atoms with Gasteiger partial charge in [-0.1, -0.05) is 5.16 Å². The van der Waals surface area contributed by atoms with Gasteiger partial charge in [0.1, 0.15) is 0 Å². The number of carbonyl (C=O) groups excluding carboxylic acids is 1. The lowest BCUT2D eigenvalue weighted by Gasteiger charge is -2.29. The van der Waals surface area contributed by atoms with E-state index in [2.05, 4.69) is 10.1 Å². The molecule has 25 heavy (non-hydrogen) atoms. The summed E-state index contributed by atoms with van der Waals surface area (Å²) in [5, 5.41) is 4.10. The number of amides is 1. The van der Waals surface area contributed by atoms with Crippen LogP contribution in [0.15, 0.2) is 22.7 Å². The van der Waals surface area contributed by atoms with Crippen LogP contribution in [0.5, 0.6) is 11.5 Å². The smallest absolute Gasteiger partial charge is 0.230 e. The van der Waals surface area contributed by atoms with Gasteiger partial charge in [-0.15, -0.1) is 0 Å². The molecule has 2 aromatic rings. The van der Waals surface area contributed by atoms with Crippen molar-refractivity contribution in [1.29, 1.82) is 0 Å². The first kappa shape index (κ1) is 17.3. The van der Waals surface area contributed by atoms with E-state index in [-0.39, 0.29) is 11.8 Å². The topological polar surface area (TPSA) is 77.7 Å². The molecule has 0 N–H and O–H groups in total. The fourth-order valence-corrected chi connectivity index (χ4v) is 3.04. The maximum absolute atomic E-state index is 11.4. The van der Waals surface area contributed by atoms with Gasteiger partial charge in [-0.25, -0.2) is 0 Å². The molecule has 0 atom stereocenters. The largest absolute Gasteiger partial charge is 0.493 e. The average Bonchev–Trinajstić information content (AvgIpc) is 3.12. The number of methoxy groups -OCH3 is 1. The molecule has 0 saturated carbocycles. The molecule has 0 unspecified atom stereocenters. The summed E-state index contributed by atoms with van der Waals surface area (Å²) in [5.41, 5.74) is 0.816. The van der Waals surface area contributed by atoms with Gasteiger partial charge in [-0.05, 0) is 38.0 Å². The number of benzene rings is 1. The van der Waals surface area contributed by atoms with Gasteiger partial charge in [0.15, 0.2) is 11.5 Å². The second kappa shape index (κ2) is 7.55. The molecule has 1 amide bonds. The lowest BCUT2D eigenvalue weighted by atomic mass is 9.97. The number of rotatable bonds is 5. The van der Waals surface area contributed by atoms with Gasteiger partial charge in [0, 0.05) is 31.5 Å². The summed E-state index contributed by atoms with van der Waals surface area (Å²) < 4.78 is 16.4. The highest BCUT2D eigenvalue weighted by atomic mass is 16.5. The fraction of sp³-hybridized carbons (Fsp3) is 0.500. The molecule has 1 saturated heterocycles. The van der Waals surface area contributed by atoms with Crippen LogP contribution < -0.4 is 9.47 Å². The number of hydrogen-bond acceptors (Lipinski definition) is 6. The molecule has 7 heteroatoms. The summed E-state index contributed by atoms with van der Waals surface area (Å²) in [6.07, 6.45) is 1.68. The van der Waals surface area contributed by atoms with E-state index in [0.717, 1.165) is 31.5 Å². The monoisotopic (exact) mass is 345 g/mol. The predicted molar refractivity (Wildman–Crippen MR) is 91.7 cm³/mol. The van der Waals surface area contributed by atoms with Crippen molar-refractivity contribution >= 4 is 5.91 Å². The standard InChI is InChI=1S/C18H23N3O4/c1-4-24-15-6-5-14(11-16(15)23-3)17-19-18(25-20-17)13-7-9-21(10-8-13)12(2)22/h5-6,11,13H,4,7-10H2,1-3H3. The highest BCUT2D eigenvalue weighted by molar-refractivity contribution is 5.73. The summed E-state index contributed by atoms with van der Waals surface area (Å²) in [4.78, 5) is 17.8. The van der Waals surface area contributed by atoms with Crippen LogP contribution in [0.25, 0.3) is 11.4 Å². The van der Waals surface area contributed by atoms with Crippen molar-refractivity contribution in [2.75, 3.05) is 26.8 Å². The Morgan fingerprint density at radius 2 is 2.08 bits per heavy atom. The van der Waals surface area contributed by atoms with E-state index < -0.39 is 0 Å². The van der Waals surface area contributed by atoms with E-state index in [9.17, 15) is 4.79 Å². The SMILES string of the molecule is CCOc1ccc(-c2noc(C3CCN(C(C)=O)CC3)n2)cc1OC. The lowest BCUT2D eigenvalue weighted by molar-refractivity contribution is -0.129. The Morgan fingerprint density at radius 3 is 2.72 bits per heavy atom. The Bertz CT molecular complexity index is 736. The van der Waals surface area contributed by atoms with Crippen molar-refractivity contribution in [1.82, 2.24) is 15.0 Å². The maximum Gasteiger partial charge on any atom is 0.230 e. The van der Waals surface area contributed by atoms with Crippen LogP contribution >= 0.6 is 0 Å². The zero-order valence-electron chi connectivity index (χ0n) is 14.8. The summed E-state index contributed by atoms with van der Waals surface area (Å²) >= 11 is 0. The minimum absolute atomic E-state index is 0.117. The van der Waals surface area contributed by atoms with Crippen LogP contribution in [0.2, 0.25) is 0 Å². The number of carbonyl (C=O) groups is 1. The van der Waals surface area contributed by atoms with Gasteiger partial charge in [0.05, 0.1) is 13.7 Å². The highest BCUT2D eigenvalue weighted by Gasteiger charge is 2.26. The van der Waals surface area contributed by atoms with Crippen molar-refractivity contribution < 1.29 is 18.8 Å². The molecule has 1 aliphatic rings. The van der Waals surface area contributed by atoms with Crippen LogP contribution in [0.4, 0.5) is 0 Å². The zero-order chi connectivity index (χ0) is 17.8. The fourth-order valence-electron chi connectivity index (χ4n) is 3.04. The van der Waals surface area contributed by atoms with E-state index >= 15 is 0 Å². The summed E-state index contributed by atoms with van der Waals surface area (Å²) in [6, 6.07) is 5.58. The van der Waals surface area contributed by atoms with Crippen molar-refractivity contribution in [2.24, 2.45) is 0 Å². The van der Waals surface area contributed by atoms with Gasteiger partial charge in [0.25, 0.3) is 0 Å². The Balaban J connectivity index is 1.74. The second-order valence-electron chi connectivity index (χ2n) is 6.04. The van der Waals surface area contributed by atoms with Crippen LogP contribution in [0, 0.1) is 0 Å². The number of hydrogen-bond donors (Lipinski definition) is 0. The van der Waals surface area contributed by atoms with Crippen molar-refractivity contribution in [3.63, 3.8) is 0 Å². The molecular formula is C18H23N3O4. The molecule has 1 fully saturated rings. The Hall–Kier alpha value is -2.57. The van der Waals surface area contributed by atoms with Crippen molar-refractivity contribution in [3.05, 3.63) is 24.1 Å². The van der Waals surface area contributed by atoms with Crippen molar-refractivity contribution in [2.45, 2.75) is 32.6 Å². The quantitative estimate of drug-likeness (QED) is 0.829. The van der Waals surface area contributed by atoms with Gasteiger partial charge >= 0.3 is 0 Å². The van der Waals surface area contributed by atoms with Gasteiger partial charge in [-0.3, -0.25) is 4.79 Å². The van der Waals surface area contributed by atoms with Crippen LogP contribution in [-0.4, -0.2) is 47.8 Å². The van der Waals surface area contributed by atoms with Crippen LogP contribution in [-0.2, 0) is 4.79 Å². The molecule has 0 spiro atoms. The number of likely N-dealkylation sites (tertiary alicyclic amines) is 1. The number of ether oxygens (including phenoxy) is 2. The molecule has 7 nitrogen and oxygen atoms in total. The third kappa shape index (κ3) is 3.75. The second-order valence-corrected chi connectivity index (χ2v) is 6.04. The van der Waals surface area contributed by atoms with Gasteiger partial charge in [0.2, 0.25) is 17.6 Å². The molecule has 1 aromatic heterocycles.